The Hall–Kier alpha value is -3.34. The van der Waals surface area contributed by atoms with E-state index in [1.165, 1.54) is 0 Å². The first-order chi connectivity index (χ1) is 15.8. The Morgan fingerprint density at radius 1 is 1.09 bits per heavy atom. The summed E-state index contributed by atoms with van der Waals surface area (Å²) in [5.74, 6) is -0.122. The van der Waals surface area contributed by atoms with Crippen molar-refractivity contribution in [1.82, 2.24) is 5.32 Å². The highest BCUT2D eigenvalue weighted by Gasteiger charge is 2.43. The number of dihydropyridines is 1. The predicted octanol–water partition coefficient (Wildman–Crippen LogP) is 5.43. The number of allylic oxidation sites excluding steroid dienone is 3. The zero-order valence-electron chi connectivity index (χ0n) is 19.7. The molecule has 0 saturated carbocycles. The summed E-state index contributed by atoms with van der Waals surface area (Å²) < 4.78 is 11.4. The quantitative estimate of drug-likeness (QED) is 0.601. The van der Waals surface area contributed by atoms with Crippen molar-refractivity contribution < 1.29 is 19.1 Å². The lowest BCUT2D eigenvalue weighted by Gasteiger charge is -2.39. The first kappa shape index (κ1) is 22.8. The monoisotopic (exact) mass is 445 g/mol. The van der Waals surface area contributed by atoms with Gasteiger partial charge in [-0.2, -0.15) is 0 Å². The standard InChI is InChI=1S/C28H31NO4/c1-5-32-21-13-9-12-20(14-21)25-24(27(31)33-17-19-10-7-6-8-11-19)18(2)29-22-15-28(3,4)16-23(30)26(22)25/h6-14,25,29H,5,15-17H2,1-4H3/t25-/m1/s1. The number of carbonyl (C=O) groups excluding carboxylic acids is 2. The van der Waals surface area contributed by atoms with E-state index in [2.05, 4.69) is 19.2 Å². The summed E-state index contributed by atoms with van der Waals surface area (Å²) in [6.07, 6.45) is 1.19. The van der Waals surface area contributed by atoms with E-state index >= 15 is 0 Å². The van der Waals surface area contributed by atoms with Gasteiger partial charge in [0.25, 0.3) is 0 Å². The lowest BCUT2D eigenvalue weighted by Crippen LogP contribution is -2.38. The minimum atomic E-state index is -0.492. The number of carbonyl (C=O) groups is 2. The van der Waals surface area contributed by atoms with Crippen molar-refractivity contribution in [3.63, 3.8) is 0 Å². The molecule has 0 bridgehead atoms. The van der Waals surface area contributed by atoms with Crippen molar-refractivity contribution in [3.05, 3.63) is 88.3 Å². The van der Waals surface area contributed by atoms with Crippen LogP contribution in [0.4, 0.5) is 0 Å². The van der Waals surface area contributed by atoms with Crippen LogP contribution in [0.1, 0.15) is 57.6 Å². The molecule has 0 aromatic heterocycles. The van der Waals surface area contributed by atoms with Crippen molar-refractivity contribution in [2.45, 2.75) is 53.1 Å². The van der Waals surface area contributed by atoms with Crippen LogP contribution in [0, 0.1) is 5.41 Å². The molecule has 33 heavy (non-hydrogen) atoms. The molecule has 4 rings (SSSR count). The molecule has 0 unspecified atom stereocenters. The molecule has 172 valence electrons. The number of esters is 1. The van der Waals surface area contributed by atoms with E-state index in [9.17, 15) is 9.59 Å². The molecule has 2 aliphatic rings. The molecule has 1 atom stereocenters. The summed E-state index contributed by atoms with van der Waals surface area (Å²) in [5.41, 5.74) is 4.41. The molecule has 5 nitrogen and oxygen atoms in total. The van der Waals surface area contributed by atoms with Crippen molar-refractivity contribution in [2.75, 3.05) is 6.61 Å². The van der Waals surface area contributed by atoms with Crippen LogP contribution in [-0.2, 0) is 20.9 Å². The van der Waals surface area contributed by atoms with Gasteiger partial charge in [-0.3, -0.25) is 4.79 Å². The van der Waals surface area contributed by atoms with Crippen molar-refractivity contribution >= 4 is 11.8 Å². The van der Waals surface area contributed by atoms with Crippen molar-refractivity contribution in [1.29, 1.82) is 0 Å². The number of hydrogen-bond donors (Lipinski definition) is 1. The molecule has 1 aliphatic heterocycles. The van der Waals surface area contributed by atoms with E-state index in [1.54, 1.807) is 0 Å². The van der Waals surface area contributed by atoms with Gasteiger partial charge in [0, 0.05) is 29.3 Å². The highest BCUT2D eigenvalue weighted by atomic mass is 16.5. The minimum absolute atomic E-state index is 0.0708. The molecule has 1 aliphatic carbocycles. The van der Waals surface area contributed by atoms with Crippen LogP contribution < -0.4 is 10.1 Å². The van der Waals surface area contributed by atoms with Crippen LogP contribution in [0.2, 0.25) is 0 Å². The number of hydrogen-bond acceptors (Lipinski definition) is 5. The zero-order chi connectivity index (χ0) is 23.6. The normalized spacial score (nSPS) is 19.6. The Morgan fingerprint density at radius 2 is 1.85 bits per heavy atom. The minimum Gasteiger partial charge on any atom is -0.494 e. The highest BCUT2D eigenvalue weighted by Crippen LogP contribution is 2.47. The van der Waals surface area contributed by atoms with E-state index in [1.807, 2.05) is 68.4 Å². The second-order valence-corrected chi connectivity index (χ2v) is 9.50. The van der Waals surface area contributed by atoms with Gasteiger partial charge >= 0.3 is 5.97 Å². The Labute approximate surface area is 195 Å². The van der Waals surface area contributed by atoms with Crippen molar-refractivity contribution in [2.24, 2.45) is 5.41 Å². The van der Waals surface area contributed by atoms with Crippen LogP contribution in [-0.4, -0.2) is 18.4 Å². The summed E-state index contributed by atoms with van der Waals surface area (Å²) >= 11 is 0. The number of ketones is 1. The van der Waals surface area contributed by atoms with Crippen molar-refractivity contribution in [3.8, 4) is 5.75 Å². The molecule has 0 spiro atoms. The molecule has 2 aromatic carbocycles. The number of benzene rings is 2. The number of Topliss-reactive ketones (excluding diaryl/α,β-unsaturated/α-hetero) is 1. The van der Waals surface area contributed by atoms with Gasteiger partial charge in [-0.05, 0) is 48.9 Å². The van der Waals surface area contributed by atoms with E-state index < -0.39 is 11.9 Å². The second kappa shape index (κ2) is 9.26. The van der Waals surface area contributed by atoms with E-state index in [0.717, 1.165) is 28.9 Å². The molecular formula is C28H31NO4. The van der Waals surface area contributed by atoms with Gasteiger partial charge in [0.05, 0.1) is 12.2 Å². The Bertz CT molecular complexity index is 1130. The first-order valence-corrected chi connectivity index (χ1v) is 11.5. The van der Waals surface area contributed by atoms with Gasteiger partial charge in [-0.25, -0.2) is 4.79 Å². The molecular weight excluding hydrogens is 414 g/mol. The summed E-state index contributed by atoms with van der Waals surface area (Å²) in [5, 5.41) is 3.38. The van der Waals surface area contributed by atoms with Gasteiger partial charge in [-0.15, -0.1) is 0 Å². The van der Waals surface area contributed by atoms with Crippen LogP contribution >= 0.6 is 0 Å². The Morgan fingerprint density at radius 3 is 2.58 bits per heavy atom. The fourth-order valence-electron chi connectivity index (χ4n) is 4.79. The molecule has 2 aromatic rings. The number of rotatable bonds is 6. The van der Waals surface area contributed by atoms with Gasteiger partial charge < -0.3 is 14.8 Å². The second-order valence-electron chi connectivity index (χ2n) is 9.50. The first-order valence-electron chi connectivity index (χ1n) is 11.5. The maximum atomic E-state index is 13.4. The molecule has 1 heterocycles. The van der Waals surface area contributed by atoms with E-state index in [0.29, 0.717) is 29.9 Å². The molecule has 1 N–H and O–H groups in total. The fraction of sp³-hybridized carbons (Fsp3) is 0.357. The molecule has 0 saturated heterocycles. The van der Waals surface area contributed by atoms with Crippen LogP contribution in [0.3, 0.4) is 0 Å². The van der Waals surface area contributed by atoms with E-state index in [-0.39, 0.29) is 17.8 Å². The van der Waals surface area contributed by atoms with Gasteiger partial charge in [-0.1, -0.05) is 56.3 Å². The lowest BCUT2D eigenvalue weighted by molar-refractivity contribution is -0.140. The molecule has 0 fully saturated rings. The summed E-state index contributed by atoms with van der Waals surface area (Å²) in [6, 6.07) is 17.3. The van der Waals surface area contributed by atoms with Crippen LogP contribution in [0.15, 0.2) is 77.1 Å². The smallest absolute Gasteiger partial charge is 0.337 e. The predicted molar refractivity (Wildman–Crippen MR) is 127 cm³/mol. The summed E-state index contributed by atoms with van der Waals surface area (Å²) in [6.45, 7) is 8.73. The topological polar surface area (TPSA) is 64.6 Å². The number of nitrogens with one attached hydrogen (secondary N) is 1. The highest BCUT2D eigenvalue weighted by molar-refractivity contribution is 6.04. The average molecular weight is 446 g/mol. The van der Waals surface area contributed by atoms with Gasteiger partial charge in [0.15, 0.2) is 5.78 Å². The Balaban J connectivity index is 1.75. The molecule has 0 radical (unpaired) electrons. The zero-order valence-corrected chi connectivity index (χ0v) is 19.7. The third kappa shape index (κ3) is 4.87. The van der Waals surface area contributed by atoms with E-state index in [4.69, 9.17) is 9.47 Å². The maximum absolute atomic E-state index is 13.4. The SMILES string of the molecule is CCOc1cccc([C@@H]2C(C(=O)OCc3ccccc3)=C(C)NC3=C2C(=O)CC(C)(C)C3)c1. The maximum Gasteiger partial charge on any atom is 0.337 e. The Kier molecular flexibility index (Phi) is 6.41. The largest absolute Gasteiger partial charge is 0.494 e. The lowest BCUT2D eigenvalue weighted by atomic mass is 9.68. The molecule has 5 heteroatoms. The molecule has 0 amide bonds. The van der Waals surface area contributed by atoms with Gasteiger partial charge in [0.2, 0.25) is 0 Å². The third-order valence-corrected chi connectivity index (χ3v) is 6.17. The van der Waals surface area contributed by atoms with Gasteiger partial charge in [0.1, 0.15) is 12.4 Å². The number of ether oxygens (including phenoxy) is 2. The fourth-order valence-corrected chi connectivity index (χ4v) is 4.79. The summed E-state index contributed by atoms with van der Waals surface area (Å²) in [7, 11) is 0. The average Bonchev–Trinajstić information content (AvgIpc) is 2.77. The third-order valence-electron chi connectivity index (χ3n) is 6.17. The van der Waals surface area contributed by atoms with Crippen LogP contribution in [0.25, 0.3) is 0 Å². The summed E-state index contributed by atoms with van der Waals surface area (Å²) in [4.78, 5) is 26.8. The van der Waals surface area contributed by atoms with Crippen LogP contribution in [0.5, 0.6) is 5.75 Å².